The molecule has 3 heterocycles. The minimum Gasteiger partial charge on any atom is -0.481 e. The number of aliphatic carboxylic acids is 1. The topological polar surface area (TPSA) is 153 Å². The Labute approximate surface area is 202 Å². The fraction of sp³-hybridized carbons (Fsp3) is 0.320. The van der Waals surface area contributed by atoms with Gasteiger partial charge < -0.3 is 20.8 Å². The van der Waals surface area contributed by atoms with Crippen molar-refractivity contribution in [2.75, 3.05) is 11.9 Å². The lowest BCUT2D eigenvalue weighted by atomic mass is 10.0. The van der Waals surface area contributed by atoms with E-state index in [0.29, 0.717) is 29.8 Å². The number of benzene rings is 1. The molecular formula is C25H26N6O4. The molecule has 0 fully saturated rings. The number of carbonyl (C=O) groups is 2. The number of rotatable bonds is 9. The first-order chi connectivity index (χ1) is 17.0. The predicted octanol–water partition coefficient (Wildman–Crippen LogP) is 2.19. The molecule has 0 radical (unpaired) electrons. The zero-order valence-electron chi connectivity index (χ0n) is 19.1. The molecule has 4 N–H and O–H groups in total. The van der Waals surface area contributed by atoms with E-state index in [1.165, 1.54) is 11.8 Å². The number of pyridine rings is 1. The van der Waals surface area contributed by atoms with Gasteiger partial charge in [0.05, 0.1) is 48.2 Å². The van der Waals surface area contributed by atoms with Crippen LogP contribution in [0.5, 0.6) is 0 Å². The Morgan fingerprint density at radius 1 is 1.29 bits per heavy atom. The molecule has 35 heavy (non-hydrogen) atoms. The molecular weight excluding hydrogens is 448 g/mol. The third-order valence-corrected chi connectivity index (χ3v) is 5.98. The highest BCUT2D eigenvalue weighted by Crippen LogP contribution is 2.22. The van der Waals surface area contributed by atoms with Gasteiger partial charge in [-0.25, -0.2) is 4.98 Å². The van der Waals surface area contributed by atoms with E-state index in [9.17, 15) is 19.8 Å². The van der Waals surface area contributed by atoms with Crippen molar-refractivity contribution in [3.63, 3.8) is 0 Å². The number of aryl methyl sites for hydroxylation is 3. The quantitative estimate of drug-likeness (QED) is 0.368. The number of nitrogens with one attached hydrogen (secondary N) is 2. The Hall–Kier alpha value is -4.23. The average molecular weight is 475 g/mol. The van der Waals surface area contributed by atoms with Crippen LogP contribution in [0, 0.1) is 11.3 Å². The lowest BCUT2D eigenvalue weighted by Crippen LogP contribution is -2.31. The summed E-state index contributed by atoms with van der Waals surface area (Å²) in [5.41, 5.74) is 3.44. The molecule has 2 aromatic heterocycles. The average Bonchev–Trinajstić information content (AvgIpc) is 3.29. The summed E-state index contributed by atoms with van der Waals surface area (Å²) in [5, 5.41) is 38.7. The van der Waals surface area contributed by atoms with Crippen LogP contribution in [-0.2, 0) is 30.8 Å². The number of aromatic nitrogens is 3. The van der Waals surface area contributed by atoms with E-state index in [1.807, 2.05) is 12.1 Å². The number of carbonyl (C=O) groups excluding carboxylic acids is 1. The van der Waals surface area contributed by atoms with Crippen LogP contribution in [0.4, 0.5) is 5.82 Å². The molecule has 0 saturated carbocycles. The van der Waals surface area contributed by atoms with Crippen LogP contribution in [0.15, 0.2) is 42.6 Å². The molecule has 1 unspecified atom stereocenters. The molecule has 1 atom stereocenters. The normalized spacial score (nSPS) is 13.3. The number of amides is 1. The van der Waals surface area contributed by atoms with Crippen LogP contribution in [0.1, 0.15) is 57.3 Å². The Balaban J connectivity index is 1.49. The van der Waals surface area contributed by atoms with E-state index in [0.717, 1.165) is 30.9 Å². The summed E-state index contributed by atoms with van der Waals surface area (Å²) >= 11 is 0. The number of hydrogen-bond donors (Lipinski definition) is 4. The van der Waals surface area contributed by atoms with Crippen LogP contribution in [0.3, 0.4) is 0 Å². The van der Waals surface area contributed by atoms with Gasteiger partial charge >= 0.3 is 5.97 Å². The molecule has 0 saturated heterocycles. The first kappa shape index (κ1) is 23.9. The lowest BCUT2D eigenvalue weighted by Gasteiger charge is -2.18. The van der Waals surface area contributed by atoms with E-state index in [4.69, 9.17) is 5.26 Å². The largest absolute Gasteiger partial charge is 0.481 e. The molecule has 0 spiro atoms. The van der Waals surface area contributed by atoms with Crippen LogP contribution in [-0.4, -0.2) is 43.4 Å². The van der Waals surface area contributed by atoms with Crippen molar-refractivity contribution in [1.82, 2.24) is 20.1 Å². The number of fused-ring (bicyclic) bond motifs is 1. The highest BCUT2D eigenvalue weighted by Gasteiger charge is 2.23. The molecule has 0 aliphatic carbocycles. The lowest BCUT2D eigenvalue weighted by molar-refractivity contribution is -0.137. The maximum Gasteiger partial charge on any atom is 0.305 e. The van der Waals surface area contributed by atoms with Crippen molar-refractivity contribution in [3.8, 4) is 6.07 Å². The van der Waals surface area contributed by atoms with Crippen LogP contribution in [0.25, 0.3) is 0 Å². The summed E-state index contributed by atoms with van der Waals surface area (Å²) < 4.78 is 1.56. The number of carboxylic acid groups (broad SMARTS) is 1. The van der Waals surface area contributed by atoms with Crippen LogP contribution >= 0.6 is 0 Å². The first-order valence-corrected chi connectivity index (χ1v) is 11.4. The van der Waals surface area contributed by atoms with E-state index in [-0.39, 0.29) is 12.0 Å². The number of anilines is 1. The van der Waals surface area contributed by atoms with E-state index >= 15 is 0 Å². The molecule has 1 amide bonds. The van der Waals surface area contributed by atoms with Gasteiger partial charge in [-0.1, -0.05) is 18.2 Å². The van der Waals surface area contributed by atoms with Gasteiger partial charge in [-0.2, -0.15) is 10.4 Å². The third-order valence-electron chi connectivity index (χ3n) is 5.98. The van der Waals surface area contributed by atoms with Crippen molar-refractivity contribution in [2.45, 2.75) is 44.9 Å². The smallest absolute Gasteiger partial charge is 0.305 e. The summed E-state index contributed by atoms with van der Waals surface area (Å²) in [6, 6.07) is 11.7. The Bertz CT molecular complexity index is 1280. The molecule has 180 valence electrons. The Morgan fingerprint density at radius 3 is 2.91 bits per heavy atom. The molecule has 4 rings (SSSR count). The molecule has 0 bridgehead atoms. The molecule has 10 heteroatoms. The van der Waals surface area contributed by atoms with Crippen LogP contribution in [0.2, 0.25) is 0 Å². The number of nitriles is 1. The van der Waals surface area contributed by atoms with E-state index in [1.54, 1.807) is 28.9 Å². The van der Waals surface area contributed by atoms with Gasteiger partial charge in [0, 0.05) is 25.2 Å². The Morgan fingerprint density at radius 2 is 2.14 bits per heavy atom. The zero-order valence-corrected chi connectivity index (χ0v) is 19.1. The summed E-state index contributed by atoms with van der Waals surface area (Å²) in [7, 11) is 0. The number of nitrogens with zero attached hydrogens (tertiary/aromatic N) is 4. The van der Waals surface area contributed by atoms with Crippen molar-refractivity contribution >= 4 is 17.7 Å². The van der Waals surface area contributed by atoms with Gasteiger partial charge in [-0.3, -0.25) is 14.3 Å². The number of aliphatic hydroxyl groups excluding tert-OH is 1. The van der Waals surface area contributed by atoms with Gasteiger partial charge in [0.25, 0.3) is 5.91 Å². The first-order valence-electron chi connectivity index (χ1n) is 11.4. The SMILES string of the molecule is N#Cc1cccc(C(CC(=O)O)NC(=O)c2cnn(CCc3ccc4c(n3)NCCC4)c2CO)c1. The number of carboxylic acids is 1. The molecule has 10 nitrogen and oxygen atoms in total. The highest BCUT2D eigenvalue weighted by molar-refractivity contribution is 5.95. The predicted molar refractivity (Wildman–Crippen MR) is 127 cm³/mol. The molecule has 3 aromatic rings. The van der Waals surface area contributed by atoms with Gasteiger partial charge in [-0.15, -0.1) is 0 Å². The summed E-state index contributed by atoms with van der Waals surface area (Å²) in [6.07, 6.45) is 3.66. The van der Waals surface area contributed by atoms with Gasteiger partial charge in [-0.05, 0) is 42.2 Å². The monoisotopic (exact) mass is 474 g/mol. The Kier molecular flexibility index (Phi) is 7.38. The fourth-order valence-electron chi connectivity index (χ4n) is 4.18. The second kappa shape index (κ2) is 10.8. The van der Waals surface area contributed by atoms with Crippen molar-refractivity contribution < 1.29 is 19.8 Å². The third kappa shape index (κ3) is 5.65. The summed E-state index contributed by atoms with van der Waals surface area (Å²) in [4.78, 5) is 29.1. The maximum absolute atomic E-state index is 13.0. The van der Waals surface area contributed by atoms with Crippen molar-refractivity contribution in [3.05, 3.63) is 76.2 Å². The second-order valence-electron chi connectivity index (χ2n) is 8.34. The standard InChI is InChI=1S/C25H26N6O4/c26-13-16-3-1-4-18(11-16)21(12-23(33)34)30-25(35)20-14-28-31(22(20)15-32)10-8-19-7-6-17-5-2-9-27-24(17)29-19/h1,3-4,6-7,11,14,21,32H,2,5,8-10,12,15H2,(H,27,29)(H,30,35)(H,33,34). The highest BCUT2D eigenvalue weighted by atomic mass is 16.4. The van der Waals surface area contributed by atoms with E-state index in [2.05, 4.69) is 26.8 Å². The number of aliphatic hydroxyl groups is 1. The van der Waals surface area contributed by atoms with Crippen molar-refractivity contribution in [2.24, 2.45) is 0 Å². The number of hydrogen-bond acceptors (Lipinski definition) is 7. The summed E-state index contributed by atoms with van der Waals surface area (Å²) in [5.74, 6) is -0.741. The van der Waals surface area contributed by atoms with Crippen LogP contribution < -0.4 is 10.6 Å². The van der Waals surface area contributed by atoms with E-state index < -0.39 is 24.5 Å². The molecule has 1 aromatic carbocycles. The minimum atomic E-state index is -1.09. The fourth-order valence-corrected chi connectivity index (χ4v) is 4.18. The molecule has 1 aliphatic rings. The second-order valence-corrected chi connectivity index (χ2v) is 8.34. The molecule has 1 aliphatic heterocycles. The maximum atomic E-state index is 13.0. The van der Waals surface area contributed by atoms with Crippen molar-refractivity contribution in [1.29, 1.82) is 5.26 Å². The minimum absolute atomic E-state index is 0.166. The van der Waals surface area contributed by atoms with Gasteiger partial charge in [0.2, 0.25) is 0 Å². The van der Waals surface area contributed by atoms with Gasteiger partial charge in [0.1, 0.15) is 5.82 Å². The zero-order chi connectivity index (χ0) is 24.8. The van der Waals surface area contributed by atoms with Gasteiger partial charge in [0.15, 0.2) is 0 Å². The summed E-state index contributed by atoms with van der Waals surface area (Å²) in [6.45, 7) is 0.909.